The fraction of sp³-hybridized carbons (Fsp3) is 0.333. The van der Waals surface area contributed by atoms with Crippen LogP contribution in [0.2, 0.25) is 0 Å². The molecule has 0 atom stereocenters. The summed E-state index contributed by atoms with van der Waals surface area (Å²) in [5.74, 6) is -1.24. The largest absolute Gasteiger partial charge is 0.378 e. The van der Waals surface area contributed by atoms with Crippen LogP contribution in [0.5, 0.6) is 0 Å². The first-order valence-corrected chi connectivity index (χ1v) is 8.79. The molecule has 0 saturated heterocycles. The van der Waals surface area contributed by atoms with Crippen molar-refractivity contribution in [1.82, 2.24) is 5.32 Å². The van der Waals surface area contributed by atoms with Crippen molar-refractivity contribution >= 4 is 23.2 Å². The fourth-order valence-electron chi connectivity index (χ4n) is 2.77. The van der Waals surface area contributed by atoms with Gasteiger partial charge in [0.15, 0.2) is 0 Å². The second-order valence-electron chi connectivity index (χ2n) is 6.75. The van der Waals surface area contributed by atoms with Gasteiger partial charge in [0.1, 0.15) is 0 Å². The second-order valence-corrected chi connectivity index (χ2v) is 6.75. The van der Waals surface area contributed by atoms with Gasteiger partial charge in [0, 0.05) is 32.0 Å². The smallest absolute Gasteiger partial charge is 0.313 e. The summed E-state index contributed by atoms with van der Waals surface area (Å²) in [6, 6.07) is 14.0. The van der Waals surface area contributed by atoms with Gasteiger partial charge in [-0.1, -0.05) is 18.2 Å². The maximum Gasteiger partial charge on any atom is 0.313 e. The van der Waals surface area contributed by atoms with Gasteiger partial charge >= 0.3 is 11.8 Å². The van der Waals surface area contributed by atoms with Crippen LogP contribution in [0.4, 0.5) is 11.4 Å². The Hall–Kier alpha value is -2.82. The minimum Gasteiger partial charge on any atom is -0.378 e. The Morgan fingerprint density at radius 3 is 2.12 bits per heavy atom. The van der Waals surface area contributed by atoms with Crippen LogP contribution in [-0.4, -0.2) is 32.5 Å². The number of anilines is 2. The number of amides is 2. The van der Waals surface area contributed by atoms with Gasteiger partial charge in [-0.25, -0.2) is 0 Å². The zero-order valence-corrected chi connectivity index (χ0v) is 15.9. The lowest BCUT2D eigenvalue weighted by molar-refractivity contribution is -0.136. The van der Waals surface area contributed by atoms with Gasteiger partial charge in [0.25, 0.3) is 0 Å². The highest BCUT2D eigenvalue weighted by Gasteiger charge is 2.13. The molecule has 138 valence electrons. The van der Waals surface area contributed by atoms with Gasteiger partial charge in [-0.2, -0.15) is 0 Å². The summed E-state index contributed by atoms with van der Waals surface area (Å²) >= 11 is 0. The quantitative estimate of drug-likeness (QED) is 0.620. The third-order valence-electron chi connectivity index (χ3n) is 4.07. The number of benzene rings is 2. The molecular formula is C21H27N3O2. The SMILES string of the molecule is Cc1cc(C)cc(NC(=O)C(=O)NCCCc2ccc(N(C)C)cc2)c1. The molecule has 2 aromatic rings. The number of hydrogen-bond acceptors (Lipinski definition) is 3. The van der Waals surface area contributed by atoms with Crippen LogP contribution in [0.25, 0.3) is 0 Å². The lowest BCUT2D eigenvalue weighted by Crippen LogP contribution is -2.36. The molecule has 2 aromatic carbocycles. The van der Waals surface area contributed by atoms with Gasteiger partial charge in [0.05, 0.1) is 0 Å². The van der Waals surface area contributed by atoms with Crippen LogP contribution in [0, 0.1) is 13.8 Å². The van der Waals surface area contributed by atoms with Crippen molar-refractivity contribution in [3.8, 4) is 0 Å². The van der Waals surface area contributed by atoms with E-state index in [1.807, 2.05) is 46.1 Å². The summed E-state index contributed by atoms with van der Waals surface area (Å²) in [6.45, 7) is 4.37. The Labute approximate surface area is 155 Å². The van der Waals surface area contributed by atoms with Gasteiger partial charge in [-0.15, -0.1) is 0 Å². The average Bonchev–Trinajstić information content (AvgIpc) is 2.58. The van der Waals surface area contributed by atoms with Crippen LogP contribution in [0.15, 0.2) is 42.5 Å². The topological polar surface area (TPSA) is 61.4 Å². The van der Waals surface area contributed by atoms with Crippen LogP contribution in [0.1, 0.15) is 23.1 Å². The Kier molecular flexibility index (Phi) is 6.78. The molecule has 0 bridgehead atoms. The molecule has 0 aliphatic rings. The molecule has 0 heterocycles. The predicted molar refractivity (Wildman–Crippen MR) is 107 cm³/mol. The average molecular weight is 353 g/mol. The molecule has 5 heteroatoms. The van der Waals surface area contributed by atoms with E-state index in [2.05, 4.69) is 39.8 Å². The van der Waals surface area contributed by atoms with Gasteiger partial charge < -0.3 is 15.5 Å². The summed E-state index contributed by atoms with van der Waals surface area (Å²) in [6.07, 6.45) is 1.64. The van der Waals surface area contributed by atoms with Crippen LogP contribution < -0.4 is 15.5 Å². The monoisotopic (exact) mass is 353 g/mol. The van der Waals surface area contributed by atoms with E-state index in [0.29, 0.717) is 12.2 Å². The minimum absolute atomic E-state index is 0.467. The Morgan fingerprint density at radius 1 is 0.923 bits per heavy atom. The number of carbonyl (C=O) groups excluding carboxylic acids is 2. The molecule has 0 spiro atoms. The number of hydrogen-bond donors (Lipinski definition) is 2. The number of aryl methyl sites for hydroxylation is 3. The zero-order valence-electron chi connectivity index (χ0n) is 15.9. The van der Waals surface area contributed by atoms with E-state index in [0.717, 1.165) is 29.7 Å². The summed E-state index contributed by atoms with van der Waals surface area (Å²) in [5.41, 5.74) is 5.10. The van der Waals surface area contributed by atoms with Crippen molar-refractivity contribution in [2.75, 3.05) is 30.9 Å². The Morgan fingerprint density at radius 2 is 1.54 bits per heavy atom. The number of rotatable bonds is 6. The number of nitrogens with zero attached hydrogens (tertiary/aromatic N) is 1. The molecule has 0 unspecified atom stereocenters. The van der Waals surface area contributed by atoms with E-state index in [-0.39, 0.29) is 0 Å². The molecule has 2 amide bonds. The summed E-state index contributed by atoms with van der Waals surface area (Å²) in [7, 11) is 4.02. The van der Waals surface area contributed by atoms with E-state index < -0.39 is 11.8 Å². The minimum atomic E-state index is -0.634. The van der Waals surface area contributed by atoms with Crippen molar-refractivity contribution in [3.05, 3.63) is 59.2 Å². The highest BCUT2D eigenvalue weighted by molar-refractivity contribution is 6.39. The second kappa shape index (κ2) is 9.04. The molecule has 0 aliphatic carbocycles. The first kappa shape index (κ1) is 19.5. The lowest BCUT2D eigenvalue weighted by atomic mass is 10.1. The van der Waals surface area contributed by atoms with E-state index in [9.17, 15) is 9.59 Å². The van der Waals surface area contributed by atoms with Gasteiger partial charge in [-0.05, 0) is 67.6 Å². The van der Waals surface area contributed by atoms with Crippen molar-refractivity contribution in [2.24, 2.45) is 0 Å². The maximum atomic E-state index is 12.0. The molecular weight excluding hydrogens is 326 g/mol. The highest BCUT2D eigenvalue weighted by Crippen LogP contribution is 2.14. The van der Waals surface area contributed by atoms with Crippen molar-refractivity contribution in [1.29, 1.82) is 0 Å². The van der Waals surface area contributed by atoms with E-state index in [1.165, 1.54) is 5.56 Å². The number of nitrogens with one attached hydrogen (secondary N) is 2. The van der Waals surface area contributed by atoms with Crippen LogP contribution in [-0.2, 0) is 16.0 Å². The summed E-state index contributed by atoms with van der Waals surface area (Å²) in [5, 5.41) is 5.32. The Bertz CT molecular complexity index is 747. The maximum absolute atomic E-state index is 12.0. The van der Waals surface area contributed by atoms with E-state index >= 15 is 0 Å². The van der Waals surface area contributed by atoms with Crippen LogP contribution in [0.3, 0.4) is 0 Å². The molecule has 0 radical (unpaired) electrons. The molecule has 2 N–H and O–H groups in total. The van der Waals surface area contributed by atoms with Crippen LogP contribution >= 0.6 is 0 Å². The van der Waals surface area contributed by atoms with E-state index in [4.69, 9.17) is 0 Å². The molecule has 5 nitrogen and oxygen atoms in total. The van der Waals surface area contributed by atoms with Crippen molar-refractivity contribution in [3.63, 3.8) is 0 Å². The van der Waals surface area contributed by atoms with Crippen molar-refractivity contribution < 1.29 is 9.59 Å². The standard InChI is InChI=1S/C21H27N3O2/c1-15-12-16(2)14-18(13-15)23-21(26)20(25)22-11-5-6-17-7-9-19(10-8-17)24(3)4/h7-10,12-14H,5-6,11H2,1-4H3,(H,22,25)(H,23,26). The van der Waals surface area contributed by atoms with Gasteiger partial charge in [0.2, 0.25) is 0 Å². The molecule has 0 aromatic heterocycles. The summed E-state index contributed by atoms with van der Waals surface area (Å²) < 4.78 is 0. The molecule has 2 rings (SSSR count). The molecule has 0 saturated carbocycles. The number of carbonyl (C=O) groups is 2. The molecule has 0 aliphatic heterocycles. The Balaban J connectivity index is 1.74. The fourth-order valence-corrected chi connectivity index (χ4v) is 2.77. The highest BCUT2D eigenvalue weighted by atomic mass is 16.2. The third-order valence-corrected chi connectivity index (χ3v) is 4.07. The van der Waals surface area contributed by atoms with E-state index in [1.54, 1.807) is 0 Å². The van der Waals surface area contributed by atoms with Gasteiger partial charge in [-0.3, -0.25) is 9.59 Å². The van der Waals surface area contributed by atoms with Crippen molar-refractivity contribution in [2.45, 2.75) is 26.7 Å². The summed E-state index contributed by atoms with van der Waals surface area (Å²) in [4.78, 5) is 25.9. The first-order chi connectivity index (χ1) is 12.3. The normalized spacial score (nSPS) is 10.3. The first-order valence-electron chi connectivity index (χ1n) is 8.79. The molecule has 26 heavy (non-hydrogen) atoms. The molecule has 0 fully saturated rings. The lowest BCUT2D eigenvalue weighted by Gasteiger charge is -2.12. The zero-order chi connectivity index (χ0) is 19.1. The predicted octanol–water partition coefficient (Wildman–Crippen LogP) is 3.06. The third kappa shape index (κ3) is 5.92.